The summed E-state index contributed by atoms with van der Waals surface area (Å²) in [6, 6.07) is 0. The number of nitrogens with one attached hydrogen (secondary N) is 1. The smallest absolute Gasteiger partial charge is 0.195 e. The Morgan fingerprint density at radius 3 is 2.80 bits per heavy atom. The quantitative estimate of drug-likeness (QED) is 0.756. The summed E-state index contributed by atoms with van der Waals surface area (Å²) in [7, 11) is 0. The molecule has 0 fully saturated rings. The molecule has 0 aliphatic heterocycles. The fraction of sp³-hybridized carbons (Fsp3) is 0.818. The molecule has 0 aromatic carbocycles. The van der Waals surface area contributed by atoms with Gasteiger partial charge in [0, 0.05) is 13.0 Å². The Morgan fingerprint density at radius 2 is 2.20 bits per heavy atom. The Hall–Kier alpha value is -0.640. The molecule has 4 heteroatoms. The van der Waals surface area contributed by atoms with Crippen molar-refractivity contribution < 1.29 is 0 Å². The molecule has 86 valence electrons. The lowest BCUT2D eigenvalue weighted by atomic mass is 10.1. The van der Waals surface area contributed by atoms with Crippen LogP contribution in [-0.2, 0) is 13.0 Å². The summed E-state index contributed by atoms with van der Waals surface area (Å²) < 4.78 is 2.91. The van der Waals surface area contributed by atoms with Crippen molar-refractivity contribution in [1.82, 2.24) is 14.8 Å². The Bertz CT molecular complexity index is 338. The first-order valence-corrected chi connectivity index (χ1v) is 6.20. The third-order valence-corrected chi connectivity index (χ3v) is 2.83. The maximum absolute atomic E-state index is 5.21. The zero-order chi connectivity index (χ0) is 11.3. The number of aromatic nitrogens is 3. The highest BCUT2D eigenvalue weighted by Crippen LogP contribution is 2.08. The van der Waals surface area contributed by atoms with Crippen LogP contribution >= 0.6 is 12.2 Å². The van der Waals surface area contributed by atoms with Crippen LogP contribution in [0.3, 0.4) is 0 Å². The SMILES string of the molecule is CCCCn1c(CCC(C)C)n[nH]c1=S. The number of hydrogen-bond donors (Lipinski definition) is 1. The van der Waals surface area contributed by atoms with E-state index < -0.39 is 0 Å². The van der Waals surface area contributed by atoms with Gasteiger partial charge in [-0.1, -0.05) is 27.2 Å². The average molecular weight is 227 g/mol. The zero-order valence-electron chi connectivity index (χ0n) is 9.92. The van der Waals surface area contributed by atoms with Gasteiger partial charge in [0.15, 0.2) is 4.77 Å². The van der Waals surface area contributed by atoms with Crippen LogP contribution in [0.5, 0.6) is 0 Å². The van der Waals surface area contributed by atoms with Gasteiger partial charge in [0.1, 0.15) is 5.82 Å². The predicted molar refractivity (Wildman–Crippen MR) is 65.5 cm³/mol. The molecule has 1 aromatic heterocycles. The van der Waals surface area contributed by atoms with Crippen LogP contribution in [0.4, 0.5) is 0 Å². The van der Waals surface area contributed by atoms with Gasteiger partial charge in [-0.05, 0) is 31.0 Å². The summed E-state index contributed by atoms with van der Waals surface area (Å²) in [5, 5.41) is 7.17. The van der Waals surface area contributed by atoms with E-state index >= 15 is 0 Å². The summed E-state index contributed by atoms with van der Waals surface area (Å²) in [4.78, 5) is 0. The Labute approximate surface area is 96.9 Å². The Morgan fingerprint density at radius 1 is 1.47 bits per heavy atom. The highest BCUT2D eigenvalue weighted by atomic mass is 32.1. The minimum absolute atomic E-state index is 0.717. The maximum Gasteiger partial charge on any atom is 0.195 e. The van der Waals surface area contributed by atoms with Gasteiger partial charge < -0.3 is 4.57 Å². The van der Waals surface area contributed by atoms with Crippen molar-refractivity contribution in [3.05, 3.63) is 10.6 Å². The molecule has 1 rings (SSSR count). The molecule has 0 radical (unpaired) electrons. The van der Waals surface area contributed by atoms with E-state index in [0.29, 0.717) is 0 Å². The summed E-state index contributed by atoms with van der Waals surface area (Å²) in [5.74, 6) is 1.83. The number of H-pyrrole nitrogens is 1. The van der Waals surface area contributed by atoms with Gasteiger partial charge in [0.2, 0.25) is 0 Å². The summed E-state index contributed by atoms with van der Waals surface area (Å²) in [6.07, 6.45) is 4.55. The van der Waals surface area contributed by atoms with E-state index in [0.717, 1.165) is 29.5 Å². The number of aryl methyl sites for hydroxylation is 1. The molecule has 1 heterocycles. The summed E-state index contributed by atoms with van der Waals surface area (Å²) in [5.41, 5.74) is 0. The summed E-state index contributed by atoms with van der Waals surface area (Å²) in [6.45, 7) is 7.66. The van der Waals surface area contributed by atoms with Gasteiger partial charge in [-0.15, -0.1) is 0 Å². The normalized spacial score (nSPS) is 11.2. The lowest BCUT2D eigenvalue weighted by Crippen LogP contribution is -2.05. The number of unbranched alkanes of at least 4 members (excludes halogenated alkanes) is 1. The molecule has 1 N–H and O–H groups in total. The molecular weight excluding hydrogens is 206 g/mol. The molecule has 0 aliphatic rings. The second-order valence-electron chi connectivity index (χ2n) is 4.38. The summed E-state index contributed by atoms with van der Waals surface area (Å²) >= 11 is 5.21. The van der Waals surface area contributed by atoms with Crippen molar-refractivity contribution in [3.63, 3.8) is 0 Å². The monoisotopic (exact) mass is 227 g/mol. The highest BCUT2D eigenvalue weighted by Gasteiger charge is 2.06. The van der Waals surface area contributed by atoms with Crippen LogP contribution in [0.2, 0.25) is 0 Å². The van der Waals surface area contributed by atoms with Gasteiger partial charge in [-0.25, -0.2) is 0 Å². The lowest BCUT2D eigenvalue weighted by Gasteiger charge is -2.07. The van der Waals surface area contributed by atoms with E-state index in [4.69, 9.17) is 12.2 Å². The standard InChI is InChI=1S/C11H21N3S/c1-4-5-8-14-10(7-6-9(2)3)12-13-11(14)15/h9H,4-8H2,1-3H3,(H,13,15). The molecule has 0 spiro atoms. The first-order valence-electron chi connectivity index (χ1n) is 5.79. The second kappa shape index (κ2) is 6.05. The van der Waals surface area contributed by atoms with Gasteiger partial charge in [0.05, 0.1) is 0 Å². The molecule has 0 amide bonds. The van der Waals surface area contributed by atoms with Crippen LogP contribution in [0.1, 0.15) is 45.9 Å². The molecule has 0 saturated heterocycles. The third kappa shape index (κ3) is 3.78. The minimum Gasteiger partial charge on any atom is -0.304 e. The van der Waals surface area contributed by atoms with Gasteiger partial charge >= 0.3 is 0 Å². The van der Waals surface area contributed by atoms with Crippen molar-refractivity contribution in [2.45, 2.75) is 53.0 Å². The van der Waals surface area contributed by atoms with Crippen molar-refractivity contribution >= 4 is 12.2 Å². The highest BCUT2D eigenvalue weighted by molar-refractivity contribution is 7.71. The van der Waals surface area contributed by atoms with E-state index in [1.807, 2.05) is 0 Å². The maximum atomic E-state index is 5.21. The number of aromatic amines is 1. The number of hydrogen-bond acceptors (Lipinski definition) is 2. The number of nitrogens with zero attached hydrogens (tertiary/aromatic N) is 2. The molecule has 0 bridgehead atoms. The van der Waals surface area contributed by atoms with E-state index in [9.17, 15) is 0 Å². The van der Waals surface area contributed by atoms with E-state index in [1.54, 1.807) is 0 Å². The fourth-order valence-electron chi connectivity index (χ4n) is 1.51. The minimum atomic E-state index is 0.717. The van der Waals surface area contributed by atoms with Crippen LogP contribution in [0.25, 0.3) is 0 Å². The Balaban J connectivity index is 2.66. The predicted octanol–water partition coefficient (Wildman–Crippen LogP) is 3.33. The first-order chi connectivity index (χ1) is 7.15. The molecule has 0 atom stereocenters. The number of rotatable bonds is 6. The van der Waals surface area contributed by atoms with Gasteiger partial charge in [-0.3, -0.25) is 5.10 Å². The van der Waals surface area contributed by atoms with E-state index in [2.05, 4.69) is 35.5 Å². The molecular formula is C11H21N3S. The molecule has 0 saturated carbocycles. The van der Waals surface area contributed by atoms with Crippen LogP contribution in [0.15, 0.2) is 0 Å². The van der Waals surface area contributed by atoms with Crippen molar-refractivity contribution in [3.8, 4) is 0 Å². The van der Waals surface area contributed by atoms with E-state index in [-0.39, 0.29) is 0 Å². The molecule has 3 nitrogen and oxygen atoms in total. The Kier molecular flexibility index (Phi) is 5.02. The first kappa shape index (κ1) is 12.4. The van der Waals surface area contributed by atoms with Crippen LogP contribution in [0, 0.1) is 10.7 Å². The van der Waals surface area contributed by atoms with Crippen LogP contribution in [-0.4, -0.2) is 14.8 Å². The largest absolute Gasteiger partial charge is 0.304 e. The zero-order valence-corrected chi connectivity index (χ0v) is 10.7. The molecule has 15 heavy (non-hydrogen) atoms. The topological polar surface area (TPSA) is 33.6 Å². The molecule has 0 aliphatic carbocycles. The van der Waals surface area contributed by atoms with Crippen molar-refractivity contribution in [2.24, 2.45) is 5.92 Å². The lowest BCUT2D eigenvalue weighted by molar-refractivity contribution is 0.540. The van der Waals surface area contributed by atoms with Crippen molar-refractivity contribution in [2.75, 3.05) is 0 Å². The average Bonchev–Trinajstić information content (AvgIpc) is 2.53. The van der Waals surface area contributed by atoms with Crippen molar-refractivity contribution in [1.29, 1.82) is 0 Å². The molecule has 1 aromatic rings. The third-order valence-electron chi connectivity index (χ3n) is 2.52. The van der Waals surface area contributed by atoms with Gasteiger partial charge in [0.25, 0.3) is 0 Å². The van der Waals surface area contributed by atoms with Crippen LogP contribution < -0.4 is 0 Å². The molecule has 0 unspecified atom stereocenters. The fourth-order valence-corrected chi connectivity index (χ4v) is 1.75. The second-order valence-corrected chi connectivity index (χ2v) is 4.77. The van der Waals surface area contributed by atoms with E-state index in [1.165, 1.54) is 19.3 Å². The van der Waals surface area contributed by atoms with Gasteiger partial charge in [-0.2, -0.15) is 5.10 Å².